The predicted molar refractivity (Wildman–Crippen MR) is 92.6 cm³/mol. The number of phenols is 1. The van der Waals surface area contributed by atoms with E-state index in [1.807, 2.05) is 48.5 Å². The van der Waals surface area contributed by atoms with Crippen LogP contribution in [-0.2, 0) is 6.42 Å². The minimum atomic E-state index is -0.805. The van der Waals surface area contributed by atoms with Gasteiger partial charge in [0.25, 0.3) is 0 Å². The van der Waals surface area contributed by atoms with Crippen molar-refractivity contribution in [3.63, 3.8) is 0 Å². The summed E-state index contributed by atoms with van der Waals surface area (Å²) in [6, 6.07) is 16.8. The van der Waals surface area contributed by atoms with Gasteiger partial charge in [0.15, 0.2) is 0 Å². The lowest BCUT2D eigenvalue weighted by atomic mass is 9.95. The first kappa shape index (κ1) is 15.4. The summed E-state index contributed by atoms with van der Waals surface area (Å²) in [5.74, 6) is -0.683. The van der Waals surface area contributed by atoms with E-state index in [0.717, 1.165) is 34.6 Å². The smallest absolute Gasteiger partial charge is 0.137 e. The zero-order valence-electron chi connectivity index (χ0n) is 13.2. The Kier molecular flexibility index (Phi) is 3.73. The Bertz CT molecular complexity index is 970. The average molecular weight is 336 g/mol. The van der Waals surface area contributed by atoms with Gasteiger partial charge in [-0.05, 0) is 29.3 Å². The van der Waals surface area contributed by atoms with Crippen molar-refractivity contribution in [3.8, 4) is 17.2 Å². The number of halogens is 2. The third-order valence-corrected chi connectivity index (χ3v) is 4.19. The summed E-state index contributed by atoms with van der Waals surface area (Å²) in [6.45, 7) is 0. The van der Waals surface area contributed by atoms with Crippen LogP contribution in [0.3, 0.4) is 0 Å². The lowest BCUT2D eigenvalue weighted by Gasteiger charge is -2.09. The summed E-state index contributed by atoms with van der Waals surface area (Å²) < 4.78 is 34.3. The molecule has 124 valence electrons. The van der Waals surface area contributed by atoms with Gasteiger partial charge < -0.3 is 9.84 Å². The van der Waals surface area contributed by atoms with Gasteiger partial charge in [-0.25, -0.2) is 8.78 Å². The second-order valence-electron chi connectivity index (χ2n) is 5.88. The summed E-state index contributed by atoms with van der Waals surface area (Å²) >= 11 is 0. The molecule has 4 heteroatoms. The van der Waals surface area contributed by atoms with Crippen LogP contribution >= 0.6 is 0 Å². The molecule has 0 aliphatic carbocycles. The minimum Gasteiger partial charge on any atom is -0.508 e. The predicted octanol–water partition coefficient (Wildman–Crippen LogP) is 5.56. The van der Waals surface area contributed by atoms with Crippen LogP contribution < -0.4 is 4.74 Å². The monoisotopic (exact) mass is 336 g/mol. The van der Waals surface area contributed by atoms with Crippen molar-refractivity contribution in [1.82, 2.24) is 0 Å². The Balaban J connectivity index is 1.92. The summed E-state index contributed by atoms with van der Waals surface area (Å²) in [5, 5.41) is 9.34. The highest BCUT2D eigenvalue weighted by molar-refractivity contribution is 5.86. The van der Waals surface area contributed by atoms with Crippen molar-refractivity contribution in [3.05, 3.63) is 89.0 Å². The molecule has 0 spiro atoms. The van der Waals surface area contributed by atoms with Gasteiger partial charge in [0, 0.05) is 29.7 Å². The Morgan fingerprint density at radius 3 is 2.28 bits per heavy atom. The van der Waals surface area contributed by atoms with Crippen LogP contribution in [0, 0.1) is 11.6 Å². The number of ether oxygens (including phenoxy) is 1. The zero-order chi connectivity index (χ0) is 17.4. The number of para-hydroxylation sites is 2. The van der Waals surface area contributed by atoms with Crippen LogP contribution in [0.25, 0.3) is 11.6 Å². The first-order chi connectivity index (χ1) is 12.1. The van der Waals surface area contributed by atoms with E-state index in [-0.39, 0.29) is 5.56 Å². The van der Waals surface area contributed by atoms with E-state index in [0.29, 0.717) is 12.2 Å². The Morgan fingerprint density at radius 2 is 1.52 bits per heavy atom. The summed E-state index contributed by atoms with van der Waals surface area (Å²) in [6.07, 6.45) is 1.96. The molecule has 3 aromatic rings. The van der Waals surface area contributed by atoms with Crippen LogP contribution in [-0.4, -0.2) is 5.11 Å². The number of fused-ring (bicyclic) bond motifs is 2. The second kappa shape index (κ2) is 6.06. The number of rotatable bonds is 1. The van der Waals surface area contributed by atoms with Crippen molar-refractivity contribution in [2.45, 2.75) is 6.42 Å². The van der Waals surface area contributed by atoms with Gasteiger partial charge in [-0.15, -0.1) is 0 Å². The van der Waals surface area contributed by atoms with Gasteiger partial charge in [-0.3, -0.25) is 0 Å². The molecule has 0 aromatic heterocycles. The van der Waals surface area contributed by atoms with E-state index >= 15 is 0 Å². The molecule has 0 amide bonds. The van der Waals surface area contributed by atoms with Crippen molar-refractivity contribution in [2.75, 3.05) is 0 Å². The van der Waals surface area contributed by atoms with Gasteiger partial charge in [0.1, 0.15) is 28.9 Å². The van der Waals surface area contributed by atoms with E-state index in [2.05, 4.69) is 0 Å². The maximum absolute atomic E-state index is 14.2. The molecule has 1 aliphatic rings. The number of benzene rings is 3. The molecule has 2 nitrogen and oxygen atoms in total. The normalized spacial score (nSPS) is 14.4. The molecule has 0 radical (unpaired) electrons. The highest BCUT2D eigenvalue weighted by atomic mass is 19.1. The third kappa shape index (κ3) is 2.87. The SMILES string of the molecule is Oc1cc(F)c(C=C2Cc3ccccc3Oc3ccccc32)c(F)c1. The molecule has 0 unspecified atom stereocenters. The second-order valence-corrected chi connectivity index (χ2v) is 5.88. The highest BCUT2D eigenvalue weighted by Crippen LogP contribution is 2.40. The number of hydrogen-bond donors (Lipinski definition) is 1. The van der Waals surface area contributed by atoms with Crippen LogP contribution in [0.1, 0.15) is 16.7 Å². The fourth-order valence-electron chi connectivity index (χ4n) is 3.00. The number of hydrogen-bond acceptors (Lipinski definition) is 2. The standard InChI is InChI=1S/C21H14F2O2/c22-18-11-15(24)12-19(23)17(18)10-14-9-13-5-1-3-7-20(13)25-21-8-4-2-6-16(14)21/h1-8,10-12,24H,9H2. The van der Waals surface area contributed by atoms with Crippen LogP contribution in [0.2, 0.25) is 0 Å². The molecule has 1 heterocycles. The maximum Gasteiger partial charge on any atom is 0.137 e. The van der Waals surface area contributed by atoms with Crippen LogP contribution in [0.5, 0.6) is 17.2 Å². The molecule has 1 aliphatic heterocycles. The van der Waals surface area contributed by atoms with Crippen molar-refractivity contribution in [1.29, 1.82) is 0 Å². The number of allylic oxidation sites excluding steroid dienone is 1. The molecular weight excluding hydrogens is 322 g/mol. The molecule has 0 atom stereocenters. The van der Waals surface area contributed by atoms with Gasteiger partial charge in [0.05, 0.1) is 0 Å². The molecule has 0 saturated heterocycles. The summed E-state index contributed by atoms with van der Waals surface area (Å²) in [7, 11) is 0. The summed E-state index contributed by atoms with van der Waals surface area (Å²) in [5.41, 5.74) is 2.28. The van der Waals surface area contributed by atoms with Crippen molar-refractivity contribution >= 4 is 11.6 Å². The zero-order valence-corrected chi connectivity index (χ0v) is 13.2. The number of phenolic OH excluding ortho intramolecular Hbond substituents is 1. The average Bonchev–Trinajstić information content (AvgIpc) is 2.74. The molecular formula is C21H14F2O2. The molecule has 1 N–H and O–H groups in total. The Hall–Kier alpha value is -3.14. The summed E-state index contributed by atoms with van der Waals surface area (Å²) in [4.78, 5) is 0. The first-order valence-electron chi connectivity index (χ1n) is 7.85. The molecule has 4 rings (SSSR count). The molecule has 25 heavy (non-hydrogen) atoms. The van der Waals surface area contributed by atoms with E-state index in [4.69, 9.17) is 4.74 Å². The van der Waals surface area contributed by atoms with E-state index in [1.165, 1.54) is 6.08 Å². The van der Waals surface area contributed by atoms with Crippen LogP contribution in [0.15, 0.2) is 60.7 Å². The fraction of sp³-hybridized carbons (Fsp3) is 0.0476. The molecule has 0 fully saturated rings. The van der Waals surface area contributed by atoms with E-state index in [9.17, 15) is 13.9 Å². The maximum atomic E-state index is 14.2. The first-order valence-corrected chi connectivity index (χ1v) is 7.85. The Labute approximate surface area is 143 Å². The molecule has 0 bridgehead atoms. The third-order valence-electron chi connectivity index (χ3n) is 4.19. The van der Waals surface area contributed by atoms with Gasteiger partial charge in [-0.2, -0.15) is 0 Å². The lowest BCUT2D eigenvalue weighted by Crippen LogP contribution is -1.93. The topological polar surface area (TPSA) is 29.5 Å². The lowest BCUT2D eigenvalue weighted by molar-refractivity contribution is 0.460. The van der Waals surface area contributed by atoms with Crippen molar-refractivity contribution in [2.24, 2.45) is 0 Å². The largest absolute Gasteiger partial charge is 0.508 e. The van der Waals surface area contributed by atoms with Gasteiger partial charge in [-0.1, -0.05) is 36.4 Å². The van der Waals surface area contributed by atoms with Gasteiger partial charge >= 0.3 is 0 Å². The van der Waals surface area contributed by atoms with Crippen molar-refractivity contribution < 1.29 is 18.6 Å². The fourth-order valence-corrected chi connectivity index (χ4v) is 3.00. The quantitative estimate of drug-likeness (QED) is 0.630. The molecule has 3 aromatic carbocycles. The molecule has 0 saturated carbocycles. The Morgan fingerprint density at radius 1 is 0.880 bits per heavy atom. The van der Waals surface area contributed by atoms with Gasteiger partial charge in [0.2, 0.25) is 0 Å². The van der Waals surface area contributed by atoms with E-state index < -0.39 is 17.4 Å². The van der Waals surface area contributed by atoms with E-state index in [1.54, 1.807) is 0 Å². The van der Waals surface area contributed by atoms with Crippen LogP contribution in [0.4, 0.5) is 8.78 Å². The minimum absolute atomic E-state index is 0.179. The number of aromatic hydroxyl groups is 1. The highest BCUT2D eigenvalue weighted by Gasteiger charge is 2.19.